The van der Waals surface area contributed by atoms with Gasteiger partial charge >= 0.3 is 0 Å². The lowest BCUT2D eigenvalue weighted by Gasteiger charge is -2.31. The molecule has 6 heteroatoms. The predicted octanol–water partition coefficient (Wildman–Crippen LogP) is 1.21. The van der Waals surface area contributed by atoms with Gasteiger partial charge in [-0.15, -0.1) is 0 Å². The van der Waals surface area contributed by atoms with Gasteiger partial charge in [-0.3, -0.25) is 14.3 Å². The first kappa shape index (κ1) is 15.5. The molecule has 0 aromatic carbocycles. The molecule has 1 unspecified atom stereocenters. The predicted molar refractivity (Wildman–Crippen MR) is 79.5 cm³/mol. The van der Waals surface area contributed by atoms with Crippen molar-refractivity contribution in [3.05, 3.63) is 18.5 Å². The van der Waals surface area contributed by atoms with Gasteiger partial charge < -0.3 is 10.2 Å². The number of amides is 2. The number of aromatic nitrogens is 2. The third kappa shape index (κ3) is 3.25. The SMILES string of the molecule is CC(C(=O)NCC1(C(=O)N(C)C)CCCC1)n1cccn1. The van der Waals surface area contributed by atoms with E-state index in [1.165, 1.54) is 0 Å². The largest absolute Gasteiger partial charge is 0.353 e. The van der Waals surface area contributed by atoms with Crippen LogP contribution < -0.4 is 5.32 Å². The van der Waals surface area contributed by atoms with Crippen LogP contribution in [0.3, 0.4) is 0 Å². The molecule has 2 amide bonds. The Balaban J connectivity index is 1.99. The van der Waals surface area contributed by atoms with E-state index >= 15 is 0 Å². The van der Waals surface area contributed by atoms with Crippen LogP contribution in [0.2, 0.25) is 0 Å². The minimum atomic E-state index is -0.428. The van der Waals surface area contributed by atoms with E-state index in [1.54, 1.807) is 49.1 Å². The monoisotopic (exact) mass is 292 g/mol. The molecule has 0 saturated heterocycles. The molecule has 116 valence electrons. The summed E-state index contributed by atoms with van der Waals surface area (Å²) in [6.45, 7) is 2.21. The molecular formula is C15H24N4O2. The molecule has 0 spiro atoms. The third-order valence-corrected chi connectivity index (χ3v) is 4.32. The van der Waals surface area contributed by atoms with Crippen LogP contribution in [0.5, 0.6) is 0 Å². The molecule has 2 rings (SSSR count). The number of nitrogens with one attached hydrogen (secondary N) is 1. The highest BCUT2D eigenvalue weighted by molar-refractivity contribution is 5.85. The topological polar surface area (TPSA) is 67.2 Å². The van der Waals surface area contributed by atoms with Crippen molar-refractivity contribution in [2.45, 2.75) is 38.6 Å². The molecule has 1 aromatic heterocycles. The molecule has 1 aliphatic carbocycles. The minimum Gasteiger partial charge on any atom is -0.353 e. The van der Waals surface area contributed by atoms with Crippen molar-refractivity contribution >= 4 is 11.8 Å². The lowest BCUT2D eigenvalue weighted by molar-refractivity contribution is -0.139. The maximum absolute atomic E-state index is 12.4. The lowest BCUT2D eigenvalue weighted by atomic mass is 9.84. The first-order chi connectivity index (χ1) is 9.96. The summed E-state index contributed by atoms with van der Waals surface area (Å²) in [6, 6.07) is 1.42. The Morgan fingerprint density at radius 1 is 1.38 bits per heavy atom. The Morgan fingerprint density at radius 3 is 2.57 bits per heavy atom. The van der Waals surface area contributed by atoms with Gasteiger partial charge in [0.2, 0.25) is 11.8 Å². The van der Waals surface area contributed by atoms with Gasteiger partial charge in [0, 0.05) is 33.0 Å². The van der Waals surface area contributed by atoms with Crippen LogP contribution in [0.4, 0.5) is 0 Å². The van der Waals surface area contributed by atoms with Crippen LogP contribution in [0, 0.1) is 5.41 Å². The summed E-state index contributed by atoms with van der Waals surface area (Å²) in [6.07, 6.45) is 7.20. The Hall–Kier alpha value is -1.85. The van der Waals surface area contributed by atoms with Crippen LogP contribution >= 0.6 is 0 Å². The van der Waals surface area contributed by atoms with Crippen molar-refractivity contribution in [1.82, 2.24) is 20.0 Å². The van der Waals surface area contributed by atoms with Crippen molar-refractivity contribution in [1.29, 1.82) is 0 Å². The first-order valence-electron chi connectivity index (χ1n) is 7.45. The summed E-state index contributed by atoms with van der Waals surface area (Å²) in [5.74, 6) is 0.0172. The summed E-state index contributed by atoms with van der Waals surface area (Å²) in [5, 5.41) is 7.02. The second-order valence-electron chi connectivity index (χ2n) is 6.07. The fraction of sp³-hybridized carbons (Fsp3) is 0.667. The van der Waals surface area contributed by atoms with Crippen molar-refractivity contribution in [3.63, 3.8) is 0 Å². The van der Waals surface area contributed by atoms with Gasteiger partial charge in [0.05, 0.1) is 5.41 Å². The number of rotatable bonds is 5. The fourth-order valence-electron chi connectivity index (χ4n) is 3.03. The summed E-state index contributed by atoms with van der Waals surface area (Å²) in [7, 11) is 3.55. The summed E-state index contributed by atoms with van der Waals surface area (Å²) < 4.78 is 1.62. The first-order valence-corrected chi connectivity index (χ1v) is 7.45. The maximum Gasteiger partial charge on any atom is 0.244 e. The number of hydrogen-bond donors (Lipinski definition) is 1. The Labute approximate surface area is 125 Å². The zero-order valence-electron chi connectivity index (χ0n) is 13.0. The van der Waals surface area contributed by atoms with Crippen LogP contribution in [-0.2, 0) is 9.59 Å². The smallest absolute Gasteiger partial charge is 0.244 e. The lowest BCUT2D eigenvalue weighted by Crippen LogP contribution is -2.47. The highest BCUT2D eigenvalue weighted by Gasteiger charge is 2.42. The molecule has 1 heterocycles. The van der Waals surface area contributed by atoms with Crippen LogP contribution in [-0.4, -0.2) is 47.1 Å². The molecule has 1 fully saturated rings. The van der Waals surface area contributed by atoms with Crippen LogP contribution in [0.25, 0.3) is 0 Å². The molecule has 1 atom stereocenters. The molecule has 6 nitrogen and oxygen atoms in total. The van der Waals surface area contributed by atoms with E-state index in [9.17, 15) is 9.59 Å². The molecular weight excluding hydrogens is 268 g/mol. The van der Waals surface area contributed by atoms with Gasteiger partial charge in [0.25, 0.3) is 0 Å². The van der Waals surface area contributed by atoms with E-state index in [0.717, 1.165) is 25.7 Å². The minimum absolute atomic E-state index is 0.100. The van der Waals surface area contributed by atoms with Crippen molar-refractivity contribution in [2.24, 2.45) is 5.41 Å². The Bertz CT molecular complexity index is 490. The highest BCUT2D eigenvalue weighted by atomic mass is 16.2. The molecule has 21 heavy (non-hydrogen) atoms. The summed E-state index contributed by atoms with van der Waals surface area (Å²) in [5.41, 5.74) is -0.428. The third-order valence-electron chi connectivity index (χ3n) is 4.32. The van der Waals surface area contributed by atoms with Crippen LogP contribution in [0.1, 0.15) is 38.6 Å². The quantitative estimate of drug-likeness (QED) is 0.887. The Morgan fingerprint density at radius 2 is 2.05 bits per heavy atom. The van der Waals surface area contributed by atoms with Gasteiger partial charge in [-0.2, -0.15) is 5.10 Å². The average Bonchev–Trinajstić information content (AvgIpc) is 3.14. The summed E-state index contributed by atoms with van der Waals surface area (Å²) >= 11 is 0. The van der Waals surface area contributed by atoms with Crippen molar-refractivity contribution < 1.29 is 9.59 Å². The summed E-state index contributed by atoms with van der Waals surface area (Å²) in [4.78, 5) is 26.3. The van der Waals surface area contributed by atoms with Gasteiger partial charge in [-0.1, -0.05) is 12.8 Å². The second kappa shape index (κ2) is 6.28. The van der Waals surface area contributed by atoms with E-state index in [4.69, 9.17) is 0 Å². The number of carbonyl (C=O) groups excluding carboxylic acids is 2. The molecule has 1 N–H and O–H groups in total. The number of nitrogens with zero attached hydrogens (tertiary/aromatic N) is 3. The highest BCUT2D eigenvalue weighted by Crippen LogP contribution is 2.39. The van der Waals surface area contributed by atoms with E-state index in [2.05, 4.69) is 10.4 Å². The van der Waals surface area contributed by atoms with E-state index in [0.29, 0.717) is 6.54 Å². The standard InChI is InChI=1S/C15H24N4O2/c1-12(19-10-6-9-17-19)13(20)16-11-15(7-4-5-8-15)14(21)18(2)3/h6,9-10,12H,4-5,7-8,11H2,1-3H3,(H,16,20). The molecule has 1 saturated carbocycles. The van der Waals surface area contributed by atoms with Gasteiger partial charge in [0.1, 0.15) is 6.04 Å². The molecule has 1 aromatic rings. The van der Waals surface area contributed by atoms with E-state index < -0.39 is 5.41 Å². The zero-order chi connectivity index (χ0) is 15.5. The fourth-order valence-corrected chi connectivity index (χ4v) is 3.03. The van der Waals surface area contributed by atoms with E-state index in [-0.39, 0.29) is 17.9 Å². The zero-order valence-corrected chi connectivity index (χ0v) is 13.0. The average molecular weight is 292 g/mol. The maximum atomic E-state index is 12.4. The number of carbonyl (C=O) groups is 2. The molecule has 1 aliphatic rings. The van der Waals surface area contributed by atoms with E-state index in [1.807, 2.05) is 0 Å². The van der Waals surface area contributed by atoms with Gasteiger partial charge in [-0.05, 0) is 25.8 Å². The van der Waals surface area contributed by atoms with Gasteiger partial charge in [-0.25, -0.2) is 0 Å². The normalized spacial score (nSPS) is 18.2. The molecule has 0 radical (unpaired) electrons. The van der Waals surface area contributed by atoms with Gasteiger partial charge in [0.15, 0.2) is 0 Å². The van der Waals surface area contributed by atoms with Crippen molar-refractivity contribution in [3.8, 4) is 0 Å². The number of hydrogen-bond acceptors (Lipinski definition) is 3. The van der Waals surface area contributed by atoms with Crippen LogP contribution in [0.15, 0.2) is 18.5 Å². The second-order valence-corrected chi connectivity index (χ2v) is 6.07. The molecule has 0 aliphatic heterocycles. The molecule has 0 bridgehead atoms. The van der Waals surface area contributed by atoms with Crippen molar-refractivity contribution in [2.75, 3.05) is 20.6 Å². The Kier molecular flexibility index (Phi) is 4.65.